The van der Waals surface area contributed by atoms with Crippen LogP contribution in [0.5, 0.6) is 0 Å². The van der Waals surface area contributed by atoms with Crippen LogP contribution < -0.4 is 0 Å². The number of aliphatic carboxylic acids is 2. The first-order valence-electron chi connectivity index (χ1n) is 1.77. The molecule has 0 atom stereocenters. The number of carboxylic acid groups (broad SMARTS) is 2. The van der Waals surface area contributed by atoms with Crippen LogP contribution in [0.15, 0.2) is 12.2 Å². The molecule has 0 spiro atoms. The summed E-state index contributed by atoms with van der Waals surface area (Å²) in [5.41, 5.74) is 0. The summed E-state index contributed by atoms with van der Waals surface area (Å²) in [4.78, 5) is 19.1. The maximum atomic E-state index is 9.55. The second-order valence-corrected chi connectivity index (χ2v) is 1.01. The minimum Gasteiger partial charge on any atom is -0.478 e. The molecule has 0 heterocycles. The number of hydrogen-bond donors (Lipinski definition) is 2. The Morgan fingerprint density at radius 3 is 2.25 bits per heavy atom. The fraction of sp³-hybridized carbons (Fsp3) is 0. The molecule has 0 rings (SSSR count). The lowest BCUT2D eigenvalue weighted by molar-refractivity contribution is -0.134. The van der Waals surface area contributed by atoms with E-state index in [1.807, 2.05) is 0 Å². The Kier molecular flexibility index (Phi) is 2.33. The molecule has 8 heavy (non-hydrogen) atoms. The van der Waals surface area contributed by atoms with E-state index in [0.717, 1.165) is 0 Å². The molecule has 0 aromatic heterocycles. The van der Waals surface area contributed by atoms with E-state index >= 15 is 0 Å². The van der Waals surface area contributed by atoms with Crippen LogP contribution in [0, 0.1) is 0 Å². The fourth-order valence-electron chi connectivity index (χ4n) is 0.143. The Morgan fingerprint density at radius 1 is 1.62 bits per heavy atom. The number of carboxylic acids is 2. The Bertz CT molecular complexity index is 119. The predicted molar refractivity (Wildman–Crippen MR) is 24.4 cm³/mol. The van der Waals surface area contributed by atoms with E-state index in [2.05, 4.69) is 0 Å². The van der Waals surface area contributed by atoms with Crippen LogP contribution >= 0.6 is 0 Å². The zero-order chi connectivity index (χ0) is 6.57. The van der Waals surface area contributed by atoms with E-state index in [4.69, 9.17) is 10.2 Å². The Morgan fingerprint density at radius 2 is 2.12 bits per heavy atom. The molecule has 0 aromatic rings. The van der Waals surface area contributed by atoms with Crippen LogP contribution in [0.1, 0.15) is 0 Å². The van der Waals surface area contributed by atoms with Crippen molar-refractivity contribution in [3.8, 4) is 0 Å². The lowest BCUT2D eigenvalue weighted by Gasteiger charge is -1.74. The zero-order valence-corrected chi connectivity index (χ0v) is 3.87. The van der Waals surface area contributed by atoms with Crippen molar-refractivity contribution in [3.63, 3.8) is 0 Å². The third kappa shape index (κ3) is 4.68. The van der Waals surface area contributed by atoms with Crippen molar-refractivity contribution in [2.45, 2.75) is 0 Å². The summed E-state index contributed by atoms with van der Waals surface area (Å²) in [6.45, 7) is 0. The number of carbonyl (C=O) groups is 2. The van der Waals surface area contributed by atoms with Gasteiger partial charge < -0.3 is 10.2 Å². The van der Waals surface area contributed by atoms with Gasteiger partial charge in [-0.1, -0.05) is 0 Å². The van der Waals surface area contributed by atoms with Crippen molar-refractivity contribution in [1.29, 1.82) is 0 Å². The highest BCUT2D eigenvalue weighted by atomic mass is 16.6. The monoisotopic (exact) mass is 118 g/mol. The molecule has 0 fully saturated rings. The fourth-order valence-corrected chi connectivity index (χ4v) is 0.143. The number of hydrogen-bond acceptors (Lipinski definition) is 2. The SMILES string of the molecule is O=C(O)/C=C\[14C](=O)O. The van der Waals surface area contributed by atoms with Crippen LogP contribution in [-0.2, 0) is 9.59 Å². The van der Waals surface area contributed by atoms with Gasteiger partial charge in [0.2, 0.25) is 0 Å². The average Bonchev–Trinajstić information content (AvgIpc) is 1.61. The van der Waals surface area contributed by atoms with Gasteiger partial charge in [-0.25, -0.2) is 9.59 Å². The molecule has 4 nitrogen and oxygen atoms in total. The smallest absolute Gasteiger partial charge is 0.328 e. The van der Waals surface area contributed by atoms with E-state index < -0.39 is 11.9 Å². The topological polar surface area (TPSA) is 74.6 Å². The van der Waals surface area contributed by atoms with Crippen LogP contribution in [0.25, 0.3) is 0 Å². The lowest BCUT2D eigenvalue weighted by atomic mass is 10.6. The Labute approximate surface area is 45.1 Å². The quantitative estimate of drug-likeness (QED) is 0.488. The molecule has 0 unspecified atom stereocenters. The van der Waals surface area contributed by atoms with Gasteiger partial charge in [-0.05, 0) is 0 Å². The number of rotatable bonds is 2. The van der Waals surface area contributed by atoms with E-state index in [1.54, 1.807) is 0 Å². The molecule has 0 radical (unpaired) electrons. The molecule has 4 heteroatoms. The Balaban J connectivity index is 3.67. The highest BCUT2D eigenvalue weighted by molar-refractivity contribution is 5.89. The third-order valence-electron chi connectivity index (χ3n) is 0.368. The summed E-state index contributed by atoms with van der Waals surface area (Å²) < 4.78 is 0. The second kappa shape index (κ2) is 2.79. The van der Waals surface area contributed by atoms with Gasteiger partial charge in [-0.15, -0.1) is 0 Å². The lowest BCUT2D eigenvalue weighted by Crippen LogP contribution is -1.91. The van der Waals surface area contributed by atoms with E-state index in [0.29, 0.717) is 12.2 Å². The van der Waals surface area contributed by atoms with Crippen LogP contribution in [-0.4, -0.2) is 22.2 Å². The normalized spacial score (nSPS) is 9.50. The standard InChI is InChI=1S/C4H4O4/c5-3(6)1-2-4(7)8/h1-2H,(H,5,6)(H,7,8)/b2-1-/i3+2. The molecule has 0 aliphatic heterocycles. The first-order valence-corrected chi connectivity index (χ1v) is 1.77. The Hall–Kier alpha value is -1.32. The van der Waals surface area contributed by atoms with Gasteiger partial charge in [0, 0.05) is 12.2 Å². The van der Waals surface area contributed by atoms with Crippen LogP contribution in [0.2, 0.25) is 0 Å². The van der Waals surface area contributed by atoms with Crippen molar-refractivity contribution in [1.82, 2.24) is 0 Å². The molecule has 44 valence electrons. The highest BCUT2D eigenvalue weighted by Gasteiger charge is 1.88. The van der Waals surface area contributed by atoms with Gasteiger partial charge in [0.25, 0.3) is 0 Å². The van der Waals surface area contributed by atoms with Gasteiger partial charge in [-0.2, -0.15) is 0 Å². The summed E-state index contributed by atoms with van der Waals surface area (Å²) in [6.07, 6.45) is 1.12. The first kappa shape index (κ1) is 6.68. The summed E-state index contributed by atoms with van der Waals surface area (Å²) >= 11 is 0. The minimum atomic E-state index is -1.26. The molecule has 0 aromatic carbocycles. The highest BCUT2D eigenvalue weighted by Crippen LogP contribution is 1.70. The second-order valence-electron chi connectivity index (χ2n) is 1.01. The third-order valence-corrected chi connectivity index (χ3v) is 0.368. The minimum absolute atomic E-state index is 0.558. The van der Waals surface area contributed by atoms with Crippen molar-refractivity contribution < 1.29 is 19.8 Å². The summed E-state index contributed by atoms with van der Waals surface area (Å²) in [7, 11) is 0. The summed E-state index contributed by atoms with van der Waals surface area (Å²) in [6, 6.07) is 0. The molecule has 0 amide bonds. The molecule has 2 N–H and O–H groups in total. The van der Waals surface area contributed by atoms with Gasteiger partial charge in [0.05, 0.1) is 0 Å². The van der Waals surface area contributed by atoms with E-state index in [-0.39, 0.29) is 0 Å². The molecule has 0 aliphatic carbocycles. The van der Waals surface area contributed by atoms with Gasteiger partial charge in [0.1, 0.15) is 0 Å². The van der Waals surface area contributed by atoms with Crippen molar-refractivity contribution in [2.24, 2.45) is 0 Å². The van der Waals surface area contributed by atoms with Gasteiger partial charge >= 0.3 is 11.9 Å². The van der Waals surface area contributed by atoms with Gasteiger partial charge in [-0.3, -0.25) is 0 Å². The van der Waals surface area contributed by atoms with Gasteiger partial charge in [0.15, 0.2) is 0 Å². The molecular formula is C4H4O4. The molecular weight excluding hydrogens is 114 g/mol. The van der Waals surface area contributed by atoms with E-state index in [1.165, 1.54) is 0 Å². The van der Waals surface area contributed by atoms with Crippen LogP contribution in [0.4, 0.5) is 0 Å². The maximum absolute atomic E-state index is 9.55. The van der Waals surface area contributed by atoms with Crippen LogP contribution in [0.3, 0.4) is 0 Å². The van der Waals surface area contributed by atoms with Crippen molar-refractivity contribution in [2.75, 3.05) is 0 Å². The van der Waals surface area contributed by atoms with Crippen molar-refractivity contribution in [3.05, 3.63) is 12.2 Å². The summed E-state index contributed by atoms with van der Waals surface area (Å²) in [5, 5.41) is 15.6. The molecule has 0 saturated carbocycles. The van der Waals surface area contributed by atoms with Crippen molar-refractivity contribution >= 4 is 11.9 Å². The predicted octanol–water partition coefficient (Wildman–Crippen LogP) is -0.288. The van der Waals surface area contributed by atoms with E-state index in [9.17, 15) is 9.59 Å². The molecule has 0 aliphatic rings. The largest absolute Gasteiger partial charge is 0.478 e. The molecule has 0 bridgehead atoms. The summed E-state index contributed by atoms with van der Waals surface area (Å²) in [5.74, 6) is -2.51. The molecule has 0 saturated heterocycles. The first-order chi connectivity index (χ1) is 3.63. The zero-order valence-electron chi connectivity index (χ0n) is 3.87. The maximum Gasteiger partial charge on any atom is 0.328 e. The average molecular weight is 118 g/mol.